The highest BCUT2D eigenvalue weighted by Crippen LogP contribution is 2.57. The Kier molecular flexibility index (Phi) is 8.57. The molecule has 246 valence electrons. The molecule has 46 heavy (non-hydrogen) atoms. The zero-order valence-corrected chi connectivity index (χ0v) is 25.7. The molecule has 0 amide bonds. The molecule has 2 aliphatic carbocycles. The van der Waals surface area contributed by atoms with E-state index in [1.165, 1.54) is 32.0 Å². The zero-order valence-electron chi connectivity index (χ0n) is 25.7. The average molecular weight is 643 g/mol. The van der Waals surface area contributed by atoms with E-state index in [1.54, 1.807) is 13.8 Å². The quantitative estimate of drug-likeness (QED) is 0.173. The van der Waals surface area contributed by atoms with Crippen LogP contribution in [0.25, 0.3) is 0 Å². The molecule has 1 heterocycles. The van der Waals surface area contributed by atoms with E-state index < -0.39 is 100 Å². The largest absolute Gasteiger partial charge is 0.507 e. The number of aliphatic hydroxyl groups is 1. The third kappa shape index (κ3) is 5.25. The maximum absolute atomic E-state index is 13.7. The van der Waals surface area contributed by atoms with Crippen molar-refractivity contribution in [3.8, 4) is 17.2 Å². The van der Waals surface area contributed by atoms with E-state index in [-0.39, 0.29) is 41.5 Å². The van der Waals surface area contributed by atoms with Crippen LogP contribution in [-0.2, 0) is 38.1 Å². The second kappa shape index (κ2) is 12.0. The summed E-state index contributed by atoms with van der Waals surface area (Å²) in [5.74, 6) is -8.00. The minimum atomic E-state index is -1.96. The van der Waals surface area contributed by atoms with E-state index in [4.69, 9.17) is 23.7 Å². The molecule has 2 aromatic rings. The maximum atomic E-state index is 13.7. The molecule has 3 aliphatic rings. The highest BCUT2D eigenvalue weighted by atomic mass is 16.7. The maximum Gasteiger partial charge on any atom is 0.316 e. The van der Waals surface area contributed by atoms with Crippen molar-refractivity contribution in [2.24, 2.45) is 0 Å². The summed E-state index contributed by atoms with van der Waals surface area (Å²) in [7, 11) is 1.07. The van der Waals surface area contributed by atoms with Gasteiger partial charge in [0, 0.05) is 43.4 Å². The Bertz CT molecular complexity index is 1650. The third-order valence-corrected chi connectivity index (χ3v) is 8.78. The summed E-state index contributed by atoms with van der Waals surface area (Å²) >= 11 is 0. The van der Waals surface area contributed by atoms with Gasteiger partial charge in [0.05, 0.1) is 41.6 Å². The standard InChI is InChI=1S/C32H34O14/c1-6-32(41)11-18(46-19-10-17(44-13(3)33)30(12(2)43-19)45-14(4)34)21-22(25(32)31(40)42-5)29(39)23-24(28(21)38)27(37)20-15(26(23)36)8-7-9-16(20)35/h7-9,12,17-19,25,30,35,38-39,41H,6,10-11H2,1-5H3/t12-,17-,18-,19-,25-,30-,32+/m0/s1. The number of aromatic hydroxyl groups is 3. The molecule has 14 nitrogen and oxygen atoms in total. The average Bonchev–Trinajstić information content (AvgIpc) is 2.98. The van der Waals surface area contributed by atoms with Crippen LogP contribution < -0.4 is 0 Å². The molecule has 0 saturated carbocycles. The zero-order chi connectivity index (χ0) is 33.8. The van der Waals surface area contributed by atoms with Crippen LogP contribution in [0, 0.1) is 0 Å². The molecule has 14 heteroatoms. The first-order valence-corrected chi connectivity index (χ1v) is 14.6. The second-order valence-electron chi connectivity index (χ2n) is 11.6. The molecule has 1 aliphatic heterocycles. The van der Waals surface area contributed by atoms with E-state index >= 15 is 0 Å². The number of ether oxygens (including phenoxy) is 5. The summed E-state index contributed by atoms with van der Waals surface area (Å²) in [5, 5.41) is 45.7. The van der Waals surface area contributed by atoms with Crippen LogP contribution in [-0.4, -0.2) is 87.2 Å². The van der Waals surface area contributed by atoms with Gasteiger partial charge in [0.1, 0.15) is 29.3 Å². The monoisotopic (exact) mass is 642 g/mol. The number of phenols is 3. The summed E-state index contributed by atoms with van der Waals surface area (Å²) in [6, 6.07) is 3.79. The van der Waals surface area contributed by atoms with Gasteiger partial charge in [0.25, 0.3) is 0 Å². The van der Waals surface area contributed by atoms with Crippen LogP contribution in [0.4, 0.5) is 0 Å². The Morgan fingerprint density at radius 3 is 2.20 bits per heavy atom. The minimum Gasteiger partial charge on any atom is -0.507 e. The molecule has 0 aromatic heterocycles. The summed E-state index contributed by atoms with van der Waals surface area (Å²) in [5.41, 5.74) is -4.49. The van der Waals surface area contributed by atoms with Gasteiger partial charge in [-0.05, 0) is 19.4 Å². The smallest absolute Gasteiger partial charge is 0.316 e. The number of rotatable bonds is 6. The number of hydrogen-bond acceptors (Lipinski definition) is 14. The van der Waals surface area contributed by atoms with Gasteiger partial charge in [0.15, 0.2) is 18.2 Å². The highest BCUT2D eigenvalue weighted by Gasteiger charge is 2.55. The number of hydrogen-bond donors (Lipinski definition) is 4. The SMILES string of the molecule is CC[C@@]1(O)C[C@H](O[C@H]2C[C@H](OC(C)=O)[C@@H](OC(C)=O)[C@H](C)O2)c2c(O)c3c(c(O)c2[C@H]1C(=O)OC)C(=O)c1cccc(O)c1C3=O. The van der Waals surface area contributed by atoms with Gasteiger partial charge >= 0.3 is 17.9 Å². The topological polar surface area (TPSA) is 212 Å². The molecule has 0 bridgehead atoms. The lowest BCUT2D eigenvalue weighted by atomic mass is 9.66. The van der Waals surface area contributed by atoms with Gasteiger partial charge in [-0.1, -0.05) is 19.1 Å². The summed E-state index contributed by atoms with van der Waals surface area (Å²) in [6.07, 6.45) is -6.12. The lowest BCUT2D eigenvalue weighted by Gasteiger charge is -2.45. The molecular weight excluding hydrogens is 608 g/mol. The van der Waals surface area contributed by atoms with E-state index in [9.17, 15) is 44.4 Å². The molecule has 5 rings (SSSR count). The van der Waals surface area contributed by atoms with Crippen LogP contribution in [0.5, 0.6) is 17.2 Å². The van der Waals surface area contributed by atoms with Gasteiger partial charge in [-0.3, -0.25) is 24.0 Å². The Labute approximate surface area is 262 Å². The van der Waals surface area contributed by atoms with Crippen molar-refractivity contribution in [3.63, 3.8) is 0 Å². The van der Waals surface area contributed by atoms with E-state index in [1.807, 2.05) is 0 Å². The fourth-order valence-electron chi connectivity index (χ4n) is 6.74. The lowest BCUT2D eigenvalue weighted by molar-refractivity contribution is -0.273. The van der Waals surface area contributed by atoms with Crippen molar-refractivity contribution in [1.82, 2.24) is 0 Å². The number of methoxy groups -OCH3 is 1. The van der Waals surface area contributed by atoms with Crippen LogP contribution >= 0.6 is 0 Å². The fraction of sp³-hybridized carbons (Fsp3) is 0.469. The van der Waals surface area contributed by atoms with Gasteiger partial charge < -0.3 is 44.1 Å². The molecular formula is C32H34O14. The third-order valence-electron chi connectivity index (χ3n) is 8.78. The Morgan fingerprint density at radius 1 is 0.957 bits per heavy atom. The van der Waals surface area contributed by atoms with Crippen molar-refractivity contribution < 1.29 is 68.1 Å². The lowest BCUT2D eigenvalue weighted by Crippen LogP contribution is -2.52. The molecule has 1 saturated heterocycles. The normalized spacial score (nSPS) is 28.4. The summed E-state index contributed by atoms with van der Waals surface area (Å²) in [6.45, 7) is 5.48. The number of benzene rings is 2. The molecule has 1 fully saturated rings. The van der Waals surface area contributed by atoms with Crippen molar-refractivity contribution in [2.45, 2.75) is 89.2 Å². The number of fused-ring (bicyclic) bond motifs is 3. The first kappa shape index (κ1) is 32.9. The first-order valence-electron chi connectivity index (χ1n) is 14.6. The number of ketones is 2. The molecule has 0 radical (unpaired) electrons. The number of carbonyl (C=O) groups is 5. The van der Waals surface area contributed by atoms with Crippen LogP contribution in [0.15, 0.2) is 18.2 Å². The predicted octanol–water partition coefficient (Wildman–Crippen LogP) is 2.44. The van der Waals surface area contributed by atoms with Crippen LogP contribution in [0.1, 0.15) is 102 Å². The number of carbonyl (C=O) groups excluding carboxylic acids is 5. The van der Waals surface area contributed by atoms with E-state index in [2.05, 4.69) is 0 Å². The summed E-state index contributed by atoms with van der Waals surface area (Å²) in [4.78, 5) is 64.2. The molecule has 0 unspecified atom stereocenters. The predicted molar refractivity (Wildman–Crippen MR) is 153 cm³/mol. The molecule has 7 atom stereocenters. The number of phenolic OH excluding ortho intramolecular Hbond substituents is 3. The Hall–Kier alpha value is -4.53. The molecule has 2 aromatic carbocycles. The van der Waals surface area contributed by atoms with E-state index in [0.717, 1.165) is 7.11 Å². The Morgan fingerprint density at radius 2 is 1.59 bits per heavy atom. The van der Waals surface area contributed by atoms with E-state index in [0.29, 0.717) is 0 Å². The summed E-state index contributed by atoms with van der Waals surface area (Å²) < 4.78 is 27.9. The number of esters is 3. The fourth-order valence-corrected chi connectivity index (χ4v) is 6.74. The van der Waals surface area contributed by atoms with Gasteiger partial charge in [-0.2, -0.15) is 0 Å². The first-order chi connectivity index (χ1) is 21.6. The van der Waals surface area contributed by atoms with Crippen molar-refractivity contribution in [2.75, 3.05) is 7.11 Å². The van der Waals surface area contributed by atoms with Crippen LogP contribution in [0.3, 0.4) is 0 Å². The van der Waals surface area contributed by atoms with Gasteiger partial charge in [0.2, 0.25) is 5.78 Å². The van der Waals surface area contributed by atoms with Crippen molar-refractivity contribution in [1.29, 1.82) is 0 Å². The molecule has 0 spiro atoms. The van der Waals surface area contributed by atoms with Gasteiger partial charge in [-0.15, -0.1) is 0 Å². The Balaban J connectivity index is 1.68. The molecule has 4 N–H and O–H groups in total. The van der Waals surface area contributed by atoms with Crippen molar-refractivity contribution >= 4 is 29.5 Å². The highest BCUT2D eigenvalue weighted by molar-refractivity contribution is 6.31. The second-order valence-corrected chi connectivity index (χ2v) is 11.6. The van der Waals surface area contributed by atoms with Crippen molar-refractivity contribution in [3.05, 3.63) is 51.6 Å². The van der Waals surface area contributed by atoms with Crippen LogP contribution in [0.2, 0.25) is 0 Å². The van der Waals surface area contributed by atoms with Gasteiger partial charge in [-0.25, -0.2) is 0 Å². The minimum absolute atomic E-state index is 0.0839.